The van der Waals surface area contributed by atoms with E-state index >= 15 is 0 Å². The first-order valence-electron chi connectivity index (χ1n) is 3.69. The molecule has 1 aromatic rings. The van der Waals surface area contributed by atoms with Crippen molar-refractivity contribution in [1.29, 1.82) is 0 Å². The largest absolute Gasteiger partial charge is 0.369 e. The van der Waals surface area contributed by atoms with E-state index in [1.54, 1.807) is 6.08 Å². The van der Waals surface area contributed by atoms with E-state index in [0.717, 1.165) is 18.5 Å². The maximum Gasteiger partial charge on any atom is 0.274 e. The van der Waals surface area contributed by atoms with Gasteiger partial charge in [-0.25, -0.2) is 0 Å². The molecule has 0 spiro atoms. The molecule has 0 unspecified atom stereocenters. The van der Waals surface area contributed by atoms with Crippen molar-refractivity contribution in [1.82, 2.24) is 9.97 Å². The molecule has 3 N–H and O–H groups in total. The fourth-order valence-corrected chi connectivity index (χ4v) is 0.921. The number of nitrogens with one attached hydrogen (secondary N) is 1. The number of anilines is 1. The van der Waals surface area contributed by atoms with Gasteiger partial charge >= 0.3 is 0 Å². The van der Waals surface area contributed by atoms with Gasteiger partial charge in [0, 0.05) is 11.8 Å². The molecule has 0 atom stereocenters. The van der Waals surface area contributed by atoms with Gasteiger partial charge in [0.15, 0.2) is 0 Å². The number of hydrogen-bond acceptors (Lipinski definition) is 3. The van der Waals surface area contributed by atoms with E-state index in [0.29, 0.717) is 0 Å². The minimum absolute atomic E-state index is 0.168. The van der Waals surface area contributed by atoms with E-state index in [1.807, 2.05) is 0 Å². The Hall–Kier alpha value is -1.58. The van der Waals surface area contributed by atoms with E-state index in [-0.39, 0.29) is 11.5 Å². The first kappa shape index (κ1) is 8.52. The van der Waals surface area contributed by atoms with Crippen molar-refractivity contribution in [3.63, 3.8) is 0 Å². The summed E-state index contributed by atoms with van der Waals surface area (Å²) in [6, 6.07) is 1.44. The van der Waals surface area contributed by atoms with Crippen LogP contribution in [0.25, 0.3) is 0 Å². The Balaban J connectivity index is 2.85. The van der Waals surface area contributed by atoms with Crippen molar-refractivity contribution in [2.24, 2.45) is 0 Å². The number of hydrogen-bond donors (Lipinski definition) is 2. The molecule has 0 aliphatic rings. The summed E-state index contributed by atoms with van der Waals surface area (Å²) >= 11 is 0. The van der Waals surface area contributed by atoms with Gasteiger partial charge in [0.2, 0.25) is 5.95 Å². The summed E-state index contributed by atoms with van der Waals surface area (Å²) in [6.07, 6.45) is 3.35. The third-order valence-electron chi connectivity index (χ3n) is 1.43. The van der Waals surface area contributed by atoms with Crippen molar-refractivity contribution in [3.05, 3.63) is 34.8 Å². The molecule has 0 bridgehead atoms. The van der Waals surface area contributed by atoms with Gasteiger partial charge in [-0.1, -0.05) is 6.08 Å². The van der Waals surface area contributed by atoms with Gasteiger partial charge in [-0.2, -0.15) is 4.98 Å². The maximum atomic E-state index is 10.8. The SMILES string of the molecule is C=CCCc1cc(=O)nc(N)[nH]1. The Bertz CT molecular complexity index is 329. The number of nitrogen functional groups attached to an aromatic ring is 1. The zero-order valence-electron chi connectivity index (χ0n) is 6.71. The number of nitrogens with zero attached hydrogens (tertiary/aromatic N) is 1. The number of rotatable bonds is 3. The molecule has 64 valence electrons. The minimum Gasteiger partial charge on any atom is -0.369 e. The maximum absolute atomic E-state index is 10.8. The monoisotopic (exact) mass is 165 g/mol. The van der Waals surface area contributed by atoms with Crippen LogP contribution in [0.5, 0.6) is 0 Å². The predicted octanol–water partition coefficient (Wildman–Crippen LogP) is 0.471. The van der Waals surface area contributed by atoms with Crippen LogP contribution >= 0.6 is 0 Å². The second-order valence-corrected chi connectivity index (χ2v) is 2.46. The van der Waals surface area contributed by atoms with Crippen molar-refractivity contribution < 1.29 is 0 Å². The van der Waals surface area contributed by atoms with Crippen molar-refractivity contribution in [3.8, 4) is 0 Å². The summed E-state index contributed by atoms with van der Waals surface area (Å²) in [5.41, 5.74) is 5.84. The number of nitrogens with two attached hydrogens (primary N) is 1. The molecule has 0 saturated heterocycles. The molecule has 0 fully saturated rings. The molecule has 1 heterocycles. The molecule has 1 rings (SSSR count). The highest BCUT2D eigenvalue weighted by Gasteiger charge is 1.95. The average molecular weight is 165 g/mol. The molecule has 4 nitrogen and oxygen atoms in total. The molecular formula is C8H11N3O. The van der Waals surface area contributed by atoms with Gasteiger partial charge < -0.3 is 10.7 Å². The third kappa shape index (κ3) is 2.23. The predicted molar refractivity (Wildman–Crippen MR) is 47.8 cm³/mol. The van der Waals surface area contributed by atoms with Crippen LogP contribution in [0.3, 0.4) is 0 Å². The van der Waals surface area contributed by atoms with E-state index in [4.69, 9.17) is 5.73 Å². The lowest BCUT2D eigenvalue weighted by Crippen LogP contribution is -2.11. The Morgan fingerprint density at radius 2 is 2.50 bits per heavy atom. The topological polar surface area (TPSA) is 71.8 Å². The molecule has 0 aliphatic carbocycles. The molecule has 12 heavy (non-hydrogen) atoms. The summed E-state index contributed by atoms with van der Waals surface area (Å²) in [5, 5.41) is 0. The van der Waals surface area contributed by atoms with Crippen LogP contribution in [0.15, 0.2) is 23.5 Å². The quantitative estimate of drug-likeness (QED) is 0.639. The van der Waals surface area contributed by atoms with E-state index in [1.165, 1.54) is 6.07 Å². The summed E-state index contributed by atoms with van der Waals surface area (Å²) < 4.78 is 0. The van der Waals surface area contributed by atoms with Crippen LogP contribution < -0.4 is 11.3 Å². The zero-order valence-corrected chi connectivity index (χ0v) is 6.71. The second-order valence-electron chi connectivity index (χ2n) is 2.46. The summed E-state index contributed by atoms with van der Waals surface area (Å²) in [7, 11) is 0. The fourth-order valence-electron chi connectivity index (χ4n) is 0.921. The number of aromatic amines is 1. The number of aryl methyl sites for hydroxylation is 1. The minimum atomic E-state index is -0.301. The van der Waals surface area contributed by atoms with Crippen LogP contribution in [0.1, 0.15) is 12.1 Å². The van der Waals surface area contributed by atoms with E-state index in [2.05, 4.69) is 16.5 Å². The van der Waals surface area contributed by atoms with Crippen LogP contribution in [0.2, 0.25) is 0 Å². The molecule has 0 aliphatic heterocycles. The molecule has 0 radical (unpaired) electrons. The lowest BCUT2D eigenvalue weighted by molar-refractivity contribution is 0.925. The average Bonchev–Trinajstić information content (AvgIpc) is 1.99. The van der Waals surface area contributed by atoms with E-state index < -0.39 is 0 Å². The van der Waals surface area contributed by atoms with Gasteiger partial charge in [-0.3, -0.25) is 4.79 Å². The summed E-state index contributed by atoms with van der Waals surface area (Å²) in [5.74, 6) is 0.168. The zero-order chi connectivity index (χ0) is 8.97. The van der Waals surface area contributed by atoms with Gasteiger partial charge in [0.05, 0.1) is 0 Å². The van der Waals surface area contributed by atoms with Crippen LogP contribution in [-0.2, 0) is 6.42 Å². The lowest BCUT2D eigenvalue weighted by Gasteiger charge is -1.98. The van der Waals surface area contributed by atoms with E-state index in [9.17, 15) is 4.79 Å². The van der Waals surface area contributed by atoms with Gasteiger partial charge in [-0.05, 0) is 12.8 Å². The normalized spacial score (nSPS) is 9.67. The third-order valence-corrected chi connectivity index (χ3v) is 1.43. The van der Waals surface area contributed by atoms with Gasteiger partial charge in [0.1, 0.15) is 0 Å². The Labute approximate surface area is 70.1 Å². The molecule has 0 aromatic carbocycles. The Kier molecular flexibility index (Phi) is 2.63. The lowest BCUT2D eigenvalue weighted by atomic mass is 10.2. The first-order chi connectivity index (χ1) is 5.72. The molecule has 0 amide bonds. The highest BCUT2D eigenvalue weighted by molar-refractivity contribution is 5.17. The van der Waals surface area contributed by atoms with Crippen molar-refractivity contribution in [2.75, 3.05) is 5.73 Å². The van der Waals surface area contributed by atoms with Crippen LogP contribution in [0.4, 0.5) is 5.95 Å². The Morgan fingerprint density at radius 3 is 3.08 bits per heavy atom. The number of aromatic nitrogens is 2. The summed E-state index contributed by atoms with van der Waals surface area (Å²) in [4.78, 5) is 17.1. The van der Waals surface area contributed by atoms with Crippen molar-refractivity contribution in [2.45, 2.75) is 12.8 Å². The van der Waals surface area contributed by atoms with Crippen LogP contribution in [-0.4, -0.2) is 9.97 Å². The Morgan fingerprint density at radius 1 is 1.75 bits per heavy atom. The molecule has 0 saturated carbocycles. The molecule has 4 heteroatoms. The highest BCUT2D eigenvalue weighted by atomic mass is 16.1. The molecular weight excluding hydrogens is 154 g/mol. The standard InChI is InChI=1S/C8H11N3O/c1-2-3-4-6-5-7(12)11-8(9)10-6/h2,5H,1,3-4H2,(H3,9,10,11,12). The second kappa shape index (κ2) is 3.71. The molecule has 1 aromatic heterocycles. The summed E-state index contributed by atoms with van der Waals surface area (Å²) in [6.45, 7) is 3.58. The van der Waals surface area contributed by atoms with Crippen molar-refractivity contribution >= 4 is 5.95 Å². The smallest absolute Gasteiger partial charge is 0.274 e. The number of allylic oxidation sites excluding steroid dienone is 1. The number of H-pyrrole nitrogens is 1. The van der Waals surface area contributed by atoms with Gasteiger partial charge in [-0.15, -0.1) is 6.58 Å². The highest BCUT2D eigenvalue weighted by Crippen LogP contribution is 1.97. The fraction of sp³-hybridized carbons (Fsp3) is 0.250. The van der Waals surface area contributed by atoms with Crippen LogP contribution in [0, 0.1) is 0 Å². The van der Waals surface area contributed by atoms with Gasteiger partial charge in [0.25, 0.3) is 5.56 Å². The first-order valence-corrected chi connectivity index (χ1v) is 3.69.